The zero-order chi connectivity index (χ0) is 14.5. The molecular formula is C15H22N4OS. The third-order valence-corrected chi connectivity index (χ3v) is 4.76. The third kappa shape index (κ3) is 3.91. The maximum atomic E-state index is 5.47. The molecule has 1 aliphatic rings. The molecule has 0 amide bonds. The van der Waals surface area contributed by atoms with Gasteiger partial charge in [-0.05, 0) is 11.4 Å². The van der Waals surface area contributed by atoms with E-state index in [1.54, 1.807) is 0 Å². The highest BCUT2D eigenvalue weighted by atomic mass is 32.1. The molecule has 0 bridgehead atoms. The second-order valence-electron chi connectivity index (χ2n) is 5.33. The maximum Gasteiger partial charge on any atom is 0.0594 e. The van der Waals surface area contributed by atoms with Gasteiger partial charge in [0.15, 0.2) is 0 Å². The fourth-order valence-corrected chi connectivity index (χ4v) is 3.56. The minimum absolute atomic E-state index is 0.436. The molecule has 6 heteroatoms. The molecule has 21 heavy (non-hydrogen) atoms. The predicted molar refractivity (Wildman–Crippen MR) is 84.4 cm³/mol. The number of hydrogen-bond acceptors (Lipinski definition) is 5. The molecular weight excluding hydrogens is 284 g/mol. The van der Waals surface area contributed by atoms with Crippen LogP contribution in [0.2, 0.25) is 0 Å². The summed E-state index contributed by atoms with van der Waals surface area (Å²) in [5.74, 6) is 0. The van der Waals surface area contributed by atoms with Gasteiger partial charge in [-0.15, -0.1) is 11.3 Å². The molecule has 0 aromatic carbocycles. The van der Waals surface area contributed by atoms with Crippen LogP contribution in [-0.4, -0.2) is 47.5 Å². The summed E-state index contributed by atoms with van der Waals surface area (Å²) in [5.41, 5.74) is 1.23. The number of aromatic nitrogens is 2. The summed E-state index contributed by atoms with van der Waals surface area (Å²) in [4.78, 5) is 3.95. The first-order valence-corrected chi connectivity index (χ1v) is 8.24. The van der Waals surface area contributed by atoms with Crippen LogP contribution in [-0.2, 0) is 18.3 Å². The van der Waals surface area contributed by atoms with Gasteiger partial charge in [0, 0.05) is 49.9 Å². The van der Waals surface area contributed by atoms with Crippen LogP contribution < -0.4 is 5.32 Å². The number of nitrogens with one attached hydrogen (secondary N) is 1. The van der Waals surface area contributed by atoms with Crippen molar-refractivity contribution in [2.45, 2.75) is 12.6 Å². The van der Waals surface area contributed by atoms with Gasteiger partial charge in [0.2, 0.25) is 0 Å². The average Bonchev–Trinajstić information content (AvgIpc) is 3.16. The van der Waals surface area contributed by atoms with Crippen LogP contribution in [0.3, 0.4) is 0 Å². The van der Waals surface area contributed by atoms with E-state index in [1.807, 2.05) is 29.3 Å². The van der Waals surface area contributed by atoms with Crippen molar-refractivity contribution in [1.29, 1.82) is 0 Å². The molecule has 0 radical (unpaired) electrons. The first-order valence-electron chi connectivity index (χ1n) is 7.36. The predicted octanol–water partition coefficient (Wildman–Crippen LogP) is 1.64. The summed E-state index contributed by atoms with van der Waals surface area (Å²) in [6.07, 6.45) is 3.98. The summed E-state index contributed by atoms with van der Waals surface area (Å²) >= 11 is 1.84. The summed E-state index contributed by atoms with van der Waals surface area (Å²) in [5, 5.41) is 9.93. The number of ether oxygens (including phenoxy) is 1. The second kappa shape index (κ2) is 7.17. The van der Waals surface area contributed by atoms with Gasteiger partial charge in [0.1, 0.15) is 0 Å². The van der Waals surface area contributed by atoms with E-state index in [0.717, 1.165) is 39.4 Å². The smallest absolute Gasteiger partial charge is 0.0594 e. The Morgan fingerprint density at radius 2 is 2.29 bits per heavy atom. The van der Waals surface area contributed by atoms with Gasteiger partial charge in [-0.3, -0.25) is 9.58 Å². The normalized spacial score (nSPS) is 18.0. The van der Waals surface area contributed by atoms with Crippen LogP contribution in [0.15, 0.2) is 29.9 Å². The summed E-state index contributed by atoms with van der Waals surface area (Å²) in [7, 11) is 1.95. The van der Waals surface area contributed by atoms with Crippen molar-refractivity contribution in [2.75, 3.05) is 32.8 Å². The molecule has 1 atom stereocenters. The highest BCUT2D eigenvalue weighted by Gasteiger charge is 2.22. The van der Waals surface area contributed by atoms with Crippen LogP contribution in [0.5, 0.6) is 0 Å². The van der Waals surface area contributed by atoms with Crippen molar-refractivity contribution in [3.8, 4) is 0 Å². The lowest BCUT2D eigenvalue weighted by atomic mass is 10.2. The van der Waals surface area contributed by atoms with Gasteiger partial charge in [-0.25, -0.2) is 0 Å². The van der Waals surface area contributed by atoms with E-state index < -0.39 is 0 Å². The quantitative estimate of drug-likeness (QED) is 0.881. The van der Waals surface area contributed by atoms with Crippen molar-refractivity contribution < 1.29 is 4.74 Å². The lowest BCUT2D eigenvalue weighted by Crippen LogP contribution is -2.42. The van der Waals surface area contributed by atoms with Crippen LogP contribution in [0, 0.1) is 0 Å². The average molecular weight is 306 g/mol. The van der Waals surface area contributed by atoms with E-state index in [2.05, 4.69) is 39.0 Å². The second-order valence-corrected chi connectivity index (χ2v) is 6.31. The van der Waals surface area contributed by atoms with Crippen LogP contribution in [0.4, 0.5) is 0 Å². The van der Waals surface area contributed by atoms with E-state index >= 15 is 0 Å². The molecule has 1 saturated heterocycles. The lowest BCUT2D eigenvalue weighted by molar-refractivity contribution is 0.0168. The van der Waals surface area contributed by atoms with Gasteiger partial charge in [0.25, 0.3) is 0 Å². The van der Waals surface area contributed by atoms with Gasteiger partial charge < -0.3 is 10.1 Å². The lowest BCUT2D eigenvalue weighted by Gasteiger charge is -2.34. The third-order valence-electron chi connectivity index (χ3n) is 3.78. The van der Waals surface area contributed by atoms with E-state index in [-0.39, 0.29) is 0 Å². The molecule has 5 nitrogen and oxygen atoms in total. The van der Waals surface area contributed by atoms with Gasteiger partial charge >= 0.3 is 0 Å². The van der Waals surface area contributed by atoms with E-state index in [1.165, 1.54) is 10.4 Å². The van der Waals surface area contributed by atoms with Crippen LogP contribution in [0.1, 0.15) is 16.5 Å². The van der Waals surface area contributed by atoms with Crippen molar-refractivity contribution in [3.63, 3.8) is 0 Å². The number of thiophene rings is 1. The Morgan fingerprint density at radius 3 is 2.95 bits per heavy atom. The van der Waals surface area contributed by atoms with E-state index in [4.69, 9.17) is 4.74 Å². The van der Waals surface area contributed by atoms with Crippen molar-refractivity contribution in [3.05, 3.63) is 40.3 Å². The largest absolute Gasteiger partial charge is 0.379 e. The molecule has 1 fully saturated rings. The van der Waals surface area contributed by atoms with Gasteiger partial charge in [-0.2, -0.15) is 5.10 Å². The van der Waals surface area contributed by atoms with Crippen molar-refractivity contribution in [1.82, 2.24) is 20.0 Å². The van der Waals surface area contributed by atoms with Crippen molar-refractivity contribution >= 4 is 11.3 Å². The van der Waals surface area contributed by atoms with E-state index in [0.29, 0.717) is 6.04 Å². The number of morpholine rings is 1. The maximum absolute atomic E-state index is 5.47. The zero-order valence-electron chi connectivity index (χ0n) is 12.4. The number of aryl methyl sites for hydroxylation is 1. The summed E-state index contributed by atoms with van der Waals surface area (Å²) < 4.78 is 7.32. The molecule has 0 aliphatic carbocycles. The fraction of sp³-hybridized carbons (Fsp3) is 0.533. The Morgan fingerprint density at radius 1 is 1.43 bits per heavy atom. The molecule has 1 aliphatic heterocycles. The Bertz CT molecular complexity index is 534. The Hall–Kier alpha value is -1.21. The molecule has 1 N–H and O–H groups in total. The minimum Gasteiger partial charge on any atom is -0.379 e. The highest BCUT2D eigenvalue weighted by molar-refractivity contribution is 7.10. The van der Waals surface area contributed by atoms with Crippen LogP contribution >= 0.6 is 11.3 Å². The SMILES string of the molecule is Cn1cc(CNC[C@@H](c2cccs2)N2CCOCC2)cn1. The Kier molecular flexibility index (Phi) is 5.03. The molecule has 114 valence electrons. The molecule has 0 unspecified atom stereocenters. The van der Waals surface area contributed by atoms with Crippen molar-refractivity contribution in [2.24, 2.45) is 7.05 Å². The van der Waals surface area contributed by atoms with E-state index in [9.17, 15) is 0 Å². The first kappa shape index (κ1) is 14.7. The highest BCUT2D eigenvalue weighted by Crippen LogP contribution is 2.25. The topological polar surface area (TPSA) is 42.3 Å². The fourth-order valence-electron chi connectivity index (χ4n) is 2.70. The Labute approximate surface area is 129 Å². The number of rotatable bonds is 6. The monoisotopic (exact) mass is 306 g/mol. The molecule has 3 heterocycles. The molecule has 0 spiro atoms. The summed E-state index contributed by atoms with van der Waals surface area (Å²) in [6.45, 7) is 5.51. The number of nitrogens with zero attached hydrogens (tertiary/aromatic N) is 3. The summed E-state index contributed by atoms with van der Waals surface area (Å²) in [6, 6.07) is 4.80. The molecule has 0 saturated carbocycles. The first-order chi connectivity index (χ1) is 10.3. The van der Waals surface area contributed by atoms with Gasteiger partial charge in [0.05, 0.1) is 25.5 Å². The molecule has 2 aromatic heterocycles. The zero-order valence-corrected chi connectivity index (χ0v) is 13.2. The molecule has 3 rings (SSSR count). The minimum atomic E-state index is 0.436. The number of hydrogen-bond donors (Lipinski definition) is 1. The van der Waals surface area contributed by atoms with Crippen LogP contribution in [0.25, 0.3) is 0 Å². The van der Waals surface area contributed by atoms with Gasteiger partial charge in [-0.1, -0.05) is 6.07 Å². The Balaban J connectivity index is 1.59. The standard InChI is InChI=1S/C15H22N4OS/c1-18-12-13(10-17-18)9-16-11-14(15-3-2-8-21-15)19-4-6-20-7-5-19/h2-3,8,10,12,14,16H,4-7,9,11H2,1H3/t14-/m0/s1. The molecule has 2 aromatic rings.